The molecule has 0 unspecified atom stereocenters. The van der Waals surface area contributed by atoms with E-state index < -0.39 is 29.1 Å². The summed E-state index contributed by atoms with van der Waals surface area (Å²) in [7, 11) is 0. The van der Waals surface area contributed by atoms with Gasteiger partial charge in [0.1, 0.15) is 35.7 Å². The molecule has 2 aromatic carbocycles. The first kappa shape index (κ1) is 20.4. The van der Waals surface area contributed by atoms with Crippen LogP contribution in [0, 0.1) is 24.4 Å². The molecule has 0 saturated carbocycles. The van der Waals surface area contributed by atoms with Crippen LogP contribution in [0.4, 0.5) is 13.2 Å². The minimum absolute atomic E-state index is 0.0553. The minimum Gasteiger partial charge on any atom is -0.381 e. The largest absolute Gasteiger partial charge is 0.381 e. The first-order chi connectivity index (χ1) is 14.2. The van der Waals surface area contributed by atoms with E-state index in [0.29, 0.717) is 22.7 Å². The third kappa shape index (κ3) is 3.33. The summed E-state index contributed by atoms with van der Waals surface area (Å²) in [5.41, 5.74) is -1.14. The van der Waals surface area contributed by atoms with Crippen molar-refractivity contribution in [2.45, 2.75) is 32.0 Å². The fraction of sp³-hybridized carbons (Fsp3) is 0.250. The number of aliphatic hydroxyl groups is 1. The van der Waals surface area contributed by atoms with Crippen LogP contribution >= 0.6 is 11.6 Å². The molecule has 0 bridgehead atoms. The standard InChI is InChI=1S/C20H17ClF3N5O/c1-11-14-6-16(21)18(24)7-19(14)29(27-11)12(2)20(30,8-28-10-25-9-26-28)15-4-3-13(22)5-17(15)23/h3-7,9-10,12,30H,8H2,1-2H3/t12-,20-/m1/s1. The van der Waals surface area contributed by atoms with Gasteiger partial charge in [0, 0.05) is 23.1 Å². The van der Waals surface area contributed by atoms with E-state index in [-0.39, 0.29) is 17.1 Å². The second kappa shape index (κ2) is 7.41. The summed E-state index contributed by atoms with van der Waals surface area (Å²) in [6, 6.07) is 4.69. The lowest BCUT2D eigenvalue weighted by molar-refractivity contribution is -0.0355. The molecule has 0 fully saturated rings. The van der Waals surface area contributed by atoms with E-state index in [9.17, 15) is 18.3 Å². The molecule has 0 aliphatic heterocycles. The summed E-state index contributed by atoms with van der Waals surface area (Å²) >= 11 is 5.90. The average Bonchev–Trinajstić information content (AvgIpc) is 3.30. The molecular formula is C20H17ClF3N5O. The molecule has 0 aliphatic rings. The summed E-state index contributed by atoms with van der Waals surface area (Å²) in [6.07, 6.45) is 2.64. The number of benzene rings is 2. The highest BCUT2D eigenvalue weighted by Crippen LogP contribution is 2.39. The van der Waals surface area contributed by atoms with Crippen molar-refractivity contribution in [3.05, 3.63) is 76.7 Å². The van der Waals surface area contributed by atoms with Crippen LogP contribution in [0.5, 0.6) is 0 Å². The van der Waals surface area contributed by atoms with Crippen molar-refractivity contribution in [2.75, 3.05) is 0 Å². The fourth-order valence-corrected chi connectivity index (χ4v) is 3.79. The van der Waals surface area contributed by atoms with Gasteiger partial charge in [-0.3, -0.25) is 4.68 Å². The van der Waals surface area contributed by atoms with Gasteiger partial charge in [-0.25, -0.2) is 22.8 Å². The molecule has 2 heterocycles. The number of hydrogen-bond donors (Lipinski definition) is 1. The third-order valence-electron chi connectivity index (χ3n) is 5.26. The maximum atomic E-state index is 14.7. The van der Waals surface area contributed by atoms with Crippen molar-refractivity contribution in [2.24, 2.45) is 0 Å². The van der Waals surface area contributed by atoms with Crippen molar-refractivity contribution >= 4 is 22.5 Å². The van der Waals surface area contributed by atoms with Crippen LogP contribution in [0.1, 0.15) is 24.2 Å². The highest BCUT2D eigenvalue weighted by atomic mass is 35.5. The Balaban J connectivity index is 1.91. The zero-order valence-corrected chi connectivity index (χ0v) is 16.8. The Kier molecular flexibility index (Phi) is 5.03. The molecule has 10 heteroatoms. The van der Waals surface area contributed by atoms with Gasteiger partial charge in [-0.2, -0.15) is 10.2 Å². The topological polar surface area (TPSA) is 68.8 Å². The number of nitrogens with zero attached hydrogens (tertiary/aromatic N) is 5. The van der Waals surface area contributed by atoms with Gasteiger partial charge < -0.3 is 5.11 Å². The molecule has 1 N–H and O–H groups in total. The number of aryl methyl sites for hydroxylation is 1. The number of halogens is 4. The molecule has 30 heavy (non-hydrogen) atoms. The summed E-state index contributed by atoms with van der Waals surface area (Å²) in [4.78, 5) is 3.84. The number of aromatic nitrogens is 5. The second-order valence-electron chi connectivity index (χ2n) is 7.13. The van der Waals surface area contributed by atoms with E-state index >= 15 is 0 Å². The van der Waals surface area contributed by atoms with E-state index in [4.69, 9.17) is 11.6 Å². The highest BCUT2D eigenvalue weighted by Gasteiger charge is 2.41. The summed E-state index contributed by atoms with van der Waals surface area (Å²) in [5.74, 6) is -2.35. The van der Waals surface area contributed by atoms with Crippen molar-refractivity contribution < 1.29 is 18.3 Å². The van der Waals surface area contributed by atoms with Crippen molar-refractivity contribution in [3.8, 4) is 0 Å². The van der Waals surface area contributed by atoms with Gasteiger partial charge in [-0.05, 0) is 26.0 Å². The minimum atomic E-state index is -1.92. The zero-order valence-electron chi connectivity index (χ0n) is 16.0. The van der Waals surface area contributed by atoms with Gasteiger partial charge in [0.2, 0.25) is 0 Å². The number of fused-ring (bicyclic) bond motifs is 1. The number of rotatable bonds is 5. The molecule has 156 valence electrons. The first-order valence-corrected chi connectivity index (χ1v) is 9.42. The molecule has 2 atom stereocenters. The van der Waals surface area contributed by atoms with Gasteiger partial charge in [0.15, 0.2) is 0 Å². The van der Waals surface area contributed by atoms with E-state index in [0.717, 1.165) is 6.07 Å². The highest BCUT2D eigenvalue weighted by molar-refractivity contribution is 6.31. The van der Waals surface area contributed by atoms with Crippen LogP contribution in [-0.2, 0) is 12.1 Å². The van der Waals surface area contributed by atoms with Gasteiger partial charge in [0.25, 0.3) is 0 Å². The van der Waals surface area contributed by atoms with E-state index in [1.54, 1.807) is 13.8 Å². The monoisotopic (exact) mass is 435 g/mol. The van der Waals surface area contributed by atoms with Crippen molar-refractivity contribution in [1.29, 1.82) is 0 Å². The molecule has 2 aromatic heterocycles. The van der Waals surface area contributed by atoms with E-state index in [2.05, 4.69) is 15.2 Å². The summed E-state index contributed by atoms with van der Waals surface area (Å²) in [5, 5.41) is 20.7. The zero-order chi connectivity index (χ0) is 21.6. The molecule has 0 spiro atoms. The Morgan fingerprint density at radius 3 is 2.60 bits per heavy atom. The van der Waals surface area contributed by atoms with Crippen LogP contribution in [0.25, 0.3) is 10.9 Å². The van der Waals surface area contributed by atoms with E-state index in [1.807, 2.05) is 0 Å². The van der Waals surface area contributed by atoms with Crippen LogP contribution in [-0.4, -0.2) is 29.7 Å². The molecule has 0 radical (unpaired) electrons. The fourth-order valence-electron chi connectivity index (χ4n) is 3.63. The molecule has 0 aliphatic carbocycles. The van der Waals surface area contributed by atoms with Crippen molar-refractivity contribution in [3.63, 3.8) is 0 Å². The molecular weight excluding hydrogens is 419 g/mol. The molecule has 0 saturated heterocycles. The second-order valence-corrected chi connectivity index (χ2v) is 7.54. The first-order valence-electron chi connectivity index (χ1n) is 9.05. The van der Waals surface area contributed by atoms with Crippen molar-refractivity contribution in [1.82, 2.24) is 24.5 Å². The van der Waals surface area contributed by atoms with Gasteiger partial charge in [-0.1, -0.05) is 17.7 Å². The van der Waals surface area contributed by atoms with E-state index in [1.165, 1.54) is 40.2 Å². The van der Waals surface area contributed by atoms with Gasteiger partial charge in [-0.15, -0.1) is 0 Å². The maximum Gasteiger partial charge on any atom is 0.143 e. The van der Waals surface area contributed by atoms with Crippen LogP contribution in [0.3, 0.4) is 0 Å². The Hall–Kier alpha value is -2.91. The molecule has 4 rings (SSSR count). The Labute approximate surface area is 174 Å². The quantitative estimate of drug-likeness (QED) is 0.511. The lowest BCUT2D eigenvalue weighted by atomic mass is 9.86. The predicted molar refractivity (Wildman–Crippen MR) is 104 cm³/mol. The summed E-state index contributed by atoms with van der Waals surface area (Å²) < 4.78 is 45.2. The lowest BCUT2D eigenvalue weighted by Gasteiger charge is -2.35. The smallest absolute Gasteiger partial charge is 0.143 e. The Morgan fingerprint density at radius 2 is 1.93 bits per heavy atom. The Bertz CT molecular complexity index is 1230. The average molecular weight is 436 g/mol. The van der Waals surface area contributed by atoms with Crippen LogP contribution in [0.2, 0.25) is 5.02 Å². The summed E-state index contributed by atoms with van der Waals surface area (Å²) in [6.45, 7) is 3.13. The molecule has 4 aromatic rings. The SMILES string of the molecule is Cc1nn([C@H](C)[C@](O)(Cn2cncn2)c2ccc(F)cc2F)c2cc(F)c(Cl)cc12. The molecule has 6 nitrogen and oxygen atoms in total. The lowest BCUT2D eigenvalue weighted by Crippen LogP contribution is -2.41. The normalized spacial score (nSPS) is 14.8. The van der Waals surface area contributed by atoms with Crippen LogP contribution in [0.15, 0.2) is 43.0 Å². The van der Waals surface area contributed by atoms with Gasteiger partial charge >= 0.3 is 0 Å². The predicted octanol–water partition coefficient (Wildman–Crippen LogP) is 4.16. The maximum absolute atomic E-state index is 14.7. The number of hydrogen-bond acceptors (Lipinski definition) is 4. The molecule has 0 amide bonds. The van der Waals surface area contributed by atoms with Gasteiger partial charge in [0.05, 0.1) is 28.8 Å². The Morgan fingerprint density at radius 1 is 1.17 bits per heavy atom. The third-order valence-corrected chi connectivity index (χ3v) is 5.55. The van der Waals surface area contributed by atoms with Crippen LogP contribution < -0.4 is 0 Å².